The predicted octanol–water partition coefficient (Wildman–Crippen LogP) is 0.913. The molecule has 0 saturated heterocycles. The van der Waals surface area contributed by atoms with Crippen molar-refractivity contribution in [2.75, 3.05) is 11.9 Å². The third kappa shape index (κ3) is 2.90. The highest BCUT2D eigenvalue weighted by Gasteiger charge is 1.99. The number of hydrogen-bond acceptors (Lipinski definition) is 5. The van der Waals surface area contributed by atoms with Gasteiger partial charge in [0.15, 0.2) is 5.82 Å². The average molecular weight is 239 g/mol. The van der Waals surface area contributed by atoms with Gasteiger partial charge in [-0.1, -0.05) is 11.6 Å². The number of aryl methyl sites for hydroxylation is 1. The lowest BCUT2D eigenvalue weighted by molar-refractivity contribution is 0.741. The van der Waals surface area contributed by atoms with Crippen LogP contribution in [0.1, 0.15) is 5.82 Å². The zero-order valence-corrected chi connectivity index (χ0v) is 9.52. The molecule has 0 bridgehead atoms. The zero-order valence-electron chi connectivity index (χ0n) is 8.76. The third-order valence-corrected chi connectivity index (χ3v) is 2.14. The molecule has 2 rings (SSSR count). The van der Waals surface area contributed by atoms with Gasteiger partial charge >= 0.3 is 0 Å². The van der Waals surface area contributed by atoms with Gasteiger partial charge in [-0.15, -0.1) is 0 Å². The Morgan fingerprint density at radius 3 is 2.94 bits per heavy atom. The summed E-state index contributed by atoms with van der Waals surface area (Å²) < 4.78 is 1.68. The van der Waals surface area contributed by atoms with E-state index in [9.17, 15) is 0 Å². The standard InChI is InChI=1S/C9H11ClN6/c1-16-6-14-8(15-16)2-3-11-9-4-7(10)12-5-13-9/h4-6H,2-3H2,1H3,(H,11,12,13). The van der Waals surface area contributed by atoms with Crippen LogP contribution < -0.4 is 5.32 Å². The zero-order chi connectivity index (χ0) is 11.4. The van der Waals surface area contributed by atoms with Crippen molar-refractivity contribution in [3.8, 4) is 0 Å². The van der Waals surface area contributed by atoms with Gasteiger partial charge in [0.2, 0.25) is 0 Å². The minimum Gasteiger partial charge on any atom is -0.369 e. The van der Waals surface area contributed by atoms with E-state index in [4.69, 9.17) is 11.6 Å². The van der Waals surface area contributed by atoms with Crippen molar-refractivity contribution in [1.29, 1.82) is 0 Å². The number of nitrogens with one attached hydrogen (secondary N) is 1. The molecule has 6 nitrogen and oxygen atoms in total. The van der Waals surface area contributed by atoms with E-state index in [1.54, 1.807) is 17.1 Å². The van der Waals surface area contributed by atoms with E-state index >= 15 is 0 Å². The fourth-order valence-electron chi connectivity index (χ4n) is 1.23. The van der Waals surface area contributed by atoms with E-state index < -0.39 is 0 Å². The van der Waals surface area contributed by atoms with Crippen LogP contribution in [0.2, 0.25) is 5.15 Å². The van der Waals surface area contributed by atoms with Crippen LogP contribution in [-0.4, -0.2) is 31.3 Å². The van der Waals surface area contributed by atoms with E-state index in [-0.39, 0.29) is 0 Å². The predicted molar refractivity (Wildman–Crippen MR) is 60.2 cm³/mol. The largest absolute Gasteiger partial charge is 0.369 e. The normalized spacial score (nSPS) is 10.4. The lowest BCUT2D eigenvalue weighted by atomic mass is 10.4. The Morgan fingerprint density at radius 1 is 1.38 bits per heavy atom. The molecule has 0 amide bonds. The fourth-order valence-corrected chi connectivity index (χ4v) is 1.38. The van der Waals surface area contributed by atoms with Crippen molar-refractivity contribution in [2.45, 2.75) is 6.42 Å². The van der Waals surface area contributed by atoms with Crippen molar-refractivity contribution >= 4 is 17.4 Å². The average Bonchev–Trinajstić information content (AvgIpc) is 2.64. The van der Waals surface area contributed by atoms with Crippen LogP contribution in [0.15, 0.2) is 18.7 Å². The van der Waals surface area contributed by atoms with Crippen molar-refractivity contribution in [2.24, 2.45) is 7.05 Å². The van der Waals surface area contributed by atoms with Crippen LogP contribution in [0.5, 0.6) is 0 Å². The summed E-state index contributed by atoms with van der Waals surface area (Å²) in [5, 5.41) is 7.71. The van der Waals surface area contributed by atoms with Crippen molar-refractivity contribution < 1.29 is 0 Å². The molecule has 1 N–H and O–H groups in total. The Balaban J connectivity index is 1.84. The summed E-state index contributed by atoms with van der Waals surface area (Å²) in [4.78, 5) is 11.9. The molecule has 2 aromatic heterocycles. The van der Waals surface area contributed by atoms with E-state index in [1.165, 1.54) is 6.33 Å². The number of halogens is 1. The van der Waals surface area contributed by atoms with Crippen LogP contribution in [0.4, 0.5) is 5.82 Å². The summed E-state index contributed by atoms with van der Waals surface area (Å²) in [7, 11) is 1.84. The van der Waals surface area contributed by atoms with E-state index in [2.05, 4.69) is 25.4 Å². The van der Waals surface area contributed by atoms with Crippen LogP contribution in [0, 0.1) is 0 Å². The number of rotatable bonds is 4. The van der Waals surface area contributed by atoms with Crippen LogP contribution in [-0.2, 0) is 13.5 Å². The fraction of sp³-hybridized carbons (Fsp3) is 0.333. The third-order valence-electron chi connectivity index (χ3n) is 1.94. The number of anilines is 1. The molecule has 0 aliphatic rings. The maximum Gasteiger partial charge on any atom is 0.152 e. The van der Waals surface area contributed by atoms with Gasteiger partial charge in [0.1, 0.15) is 23.6 Å². The molecule has 16 heavy (non-hydrogen) atoms. The van der Waals surface area contributed by atoms with Gasteiger partial charge in [0.05, 0.1) is 0 Å². The quantitative estimate of drug-likeness (QED) is 0.802. The molecule has 0 fully saturated rings. The Hall–Kier alpha value is -1.69. The Kier molecular flexibility index (Phi) is 3.31. The first kappa shape index (κ1) is 10.8. The maximum atomic E-state index is 5.72. The minimum absolute atomic E-state index is 0.425. The van der Waals surface area contributed by atoms with Gasteiger partial charge in [-0.3, -0.25) is 4.68 Å². The molecule has 0 saturated carbocycles. The van der Waals surface area contributed by atoms with Gasteiger partial charge in [0.25, 0.3) is 0 Å². The number of nitrogens with zero attached hydrogens (tertiary/aromatic N) is 5. The monoisotopic (exact) mass is 238 g/mol. The van der Waals surface area contributed by atoms with Crippen LogP contribution >= 0.6 is 11.6 Å². The van der Waals surface area contributed by atoms with Crippen molar-refractivity contribution in [3.05, 3.63) is 29.7 Å². The molecule has 0 radical (unpaired) electrons. The topological polar surface area (TPSA) is 68.5 Å². The molecule has 84 valence electrons. The lowest BCUT2D eigenvalue weighted by Gasteiger charge is -2.02. The molecule has 7 heteroatoms. The van der Waals surface area contributed by atoms with E-state index in [1.807, 2.05) is 7.05 Å². The molecule has 2 heterocycles. The lowest BCUT2D eigenvalue weighted by Crippen LogP contribution is -2.07. The first-order chi connectivity index (χ1) is 7.74. The molecule has 0 atom stereocenters. The highest BCUT2D eigenvalue weighted by Crippen LogP contribution is 2.08. The second kappa shape index (κ2) is 4.89. The molecule has 0 unspecified atom stereocenters. The Labute approximate surface area is 97.7 Å². The molecule has 2 aromatic rings. The molecule has 0 aliphatic heterocycles. The van der Waals surface area contributed by atoms with Gasteiger partial charge in [-0.05, 0) is 0 Å². The van der Waals surface area contributed by atoms with Gasteiger partial charge < -0.3 is 5.32 Å². The summed E-state index contributed by atoms with van der Waals surface area (Å²) in [5.41, 5.74) is 0. The van der Waals surface area contributed by atoms with Gasteiger partial charge in [0, 0.05) is 26.1 Å². The number of aromatic nitrogens is 5. The number of hydrogen-bond donors (Lipinski definition) is 1. The minimum atomic E-state index is 0.425. The summed E-state index contributed by atoms with van der Waals surface area (Å²) in [6.45, 7) is 0.706. The smallest absolute Gasteiger partial charge is 0.152 e. The highest BCUT2D eigenvalue weighted by molar-refractivity contribution is 6.29. The van der Waals surface area contributed by atoms with Crippen molar-refractivity contribution in [3.63, 3.8) is 0 Å². The van der Waals surface area contributed by atoms with E-state index in [0.717, 1.165) is 12.2 Å². The molecule has 0 aromatic carbocycles. The molecular formula is C9H11ClN6. The molecular weight excluding hydrogens is 228 g/mol. The summed E-state index contributed by atoms with van der Waals surface area (Å²) >= 11 is 5.72. The summed E-state index contributed by atoms with van der Waals surface area (Å²) in [6, 6.07) is 1.67. The van der Waals surface area contributed by atoms with Gasteiger partial charge in [-0.2, -0.15) is 5.10 Å². The van der Waals surface area contributed by atoms with Crippen molar-refractivity contribution in [1.82, 2.24) is 24.7 Å². The first-order valence-corrected chi connectivity index (χ1v) is 5.18. The second-order valence-electron chi connectivity index (χ2n) is 3.24. The van der Waals surface area contributed by atoms with Crippen LogP contribution in [0.25, 0.3) is 0 Å². The summed E-state index contributed by atoms with van der Waals surface area (Å²) in [5.74, 6) is 1.51. The second-order valence-corrected chi connectivity index (χ2v) is 3.62. The Morgan fingerprint density at radius 2 is 2.25 bits per heavy atom. The highest BCUT2D eigenvalue weighted by atomic mass is 35.5. The SMILES string of the molecule is Cn1cnc(CCNc2cc(Cl)ncn2)n1. The Bertz CT molecular complexity index is 469. The first-order valence-electron chi connectivity index (χ1n) is 4.80. The maximum absolute atomic E-state index is 5.72. The summed E-state index contributed by atoms with van der Waals surface area (Å²) in [6.07, 6.45) is 3.84. The van der Waals surface area contributed by atoms with Gasteiger partial charge in [-0.25, -0.2) is 15.0 Å². The molecule has 0 aliphatic carbocycles. The molecule has 0 spiro atoms. The van der Waals surface area contributed by atoms with Crippen LogP contribution in [0.3, 0.4) is 0 Å². The van der Waals surface area contributed by atoms with E-state index in [0.29, 0.717) is 17.5 Å².